The van der Waals surface area contributed by atoms with Gasteiger partial charge in [-0.3, -0.25) is 9.59 Å². The number of rotatable bonds is 6. The molecule has 0 heterocycles. The lowest BCUT2D eigenvalue weighted by Crippen LogP contribution is -2.58. The van der Waals surface area contributed by atoms with Crippen molar-refractivity contribution in [2.75, 3.05) is 0 Å². The largest absolute Gasteiger partial charge is 0.494 e. The summed E-state index contributed by atoms with van der Waals surface area (Å²) in [5.41, 5.74) is 3.85. The summed E-state index contributed by atoms with van der Waals surface area (Å²) in [5, 5.41) is 0. The summed E-state index contributed by atoms with van der Waals surface area (Å²) >= 11 is 0. The van der Waals surface area contributed by atoms with Crippen LogP contribution in [-0.4, -0.2) is 29.4 Å². The van der Waals surface area contributed by atoms with E-state index in [1.807, 2.05) is 24.3 Å². The molecule has 0 bridgehead atoms. The lowest BCUT2D eigenvalue weighted by molar-refractivity contribution is -0.186. The molecule has 0 saturated heterocycles. The number of aryl methyl sites for hydroxylation is 1. The van der Waals surface area contributed by atoms with Gasteiger partial charge in [-0.25, -0.2) is 4.79 Å². The first-order chi connectivity index (χ1) is 25.9. The van der Waals surface area contributed by atoms with E-state index in [1.165, 1.54) is 55.1 Å². The highest BCUT2D eigenvalue weighted by atomic mass is 16.6. The summed E-state index contributed by atoms with van der Waals surface area (Å²) in [6.07, 6.45) is 18.9. The number of ether oxygens (including phenoxy) is 3. The molecule has 0 unspecified atom stereocenters. The van der Waals surface area contributed by atoms with E-state index in [9.17, 15) is 14.4 Å². The van der Waals surface area contributed by atoms with Crippen molar-refractivity contribution in [1.82, 2.24) is 0 Å². The molecule has 286 valence electrons. The van der Waals surface area contributed by atoms with Gasteiger partial charge in [-0.1, -0.05) is 51.1 Å². The lowest BCUT2D eigenvalue weighted by Gasteiger charge is -2.58. The molecule has 6 heteroatoms. The molecule has 11 atom stereocenters. The molecule has 0 radical (unpaired) electrons. The first-order valence-corrected chi connectivity index (χ1v) is 21.0. The van der Waals surface area contributed by atoms with Crippen LogP contribution in [-0.2, 0) is 25.5 Å². The number of benzene rings is 2. The third-order valence-electron chi connectivity index (χ3n) is 16.9. The maximum atomic E-state index is 13.2. The molecular formula is C48H58O6. The second-order valence-corrected chi connectivity index (χ2v) is 19.0. The monoisotopic (exact) mass is 730 g/mol. The van der Waals surface area contributed by atoms with Crippen LogP contribution in [0.5, 0.6) is 5.75 Å². The van der Waals surface area contributed by atoms with Crippen LogP contribution in [0.15, 0.2) is 72.0 Å². The Kier molecular flexibility index (Phi) is 8.63. The fraction of sp³-hybridized carbons (Fsp3) is 0.604. The van der Waals surface area contributed by atoms with Crippen molar-refractivity contribution in [2.24, 2.45) is 45.8 Å². The minimum absolute atomic E-state index is 0.0176. The number of carbonyl (C=O) groups excluding carboxylic acids is 3. The van der Waals surface area contributed by atoms with Gasteiger partial charge in [0.05, 0.1) is 11.3 Å². The van der Waals surface area contributed by atoms with E-state index >= 15 is 0 Å². The average molecular weight is 731 g/mol. The molecule has 6 nitrogen and oxygen atoms in total. The summed E-state index contributed by atoms with van der Waals surface area (Å²) < 4.78 is 18.9. The van der Waals surface area contributed by atoms with Gasteiger partial charge in [0.15, 0.2) is 11.4 Å². The Bertz CT molecular complexity index is 1930. The lowest BCUT2D eigenvalue weighted by atomic mass is 9.47. The number of allylic oxidation sites excluding steroid dienone is 4. The second-order valence-electron chi connectivity index (χ2n) is 19.0. The Hall–Kier alpha value is -3.67. The molecule has 0 aromatic heterocycles. The molecule has 9 rings (SSSR count). The van der Waals surface area contributed by atoms with E-state index in [2.05, 4.69) is 45.1 Å². The Morgan fingerprint density at radius 1 is 0.759 bits per heavy atom. The highest BCUT2D eigenvalue weighted by Crippen LogP contribution is 2.68. The van der Waals surface area contributed by atoms with Crippen LogP contribution in [0.4, 0.5) is 0 Å². The van der Waals surface area contributed by atoms with Crippen molar-refractivity contribution >= 4 is 17.7 Å². The van der Waals surface area contributed by atoms with E-state index in [0.29, 0.717) is 53.2 Å². The van der Waals surface area contributed by atoms with Crippen LogP contribution < -0.4 is 4.74 Å². The summed E-state index contributed by atoms with van der Waals surface area (Å²) in [7, 11) is 0. The Balaban J connectivity index is 0.884. The van der Waals surface area contributed by atoms with E-state index in [1.54, 1.807) is 19.1 Å². The van der Waals surface area contributed by atoms with Crippen LogP contribution in [0.25, 0.3) is 0 Å². The number of hydrogen-bond acceptors (Lipinski definition) is 6. The molecule has 2 aromatic carbocycles. The number of fused-ring (bicyclic) bond motifs is 10. The highest BCUT2D eigenvalue weighted by molar-refractivity contribution is 5.91. The van der Waals surface area contributed by atoms with Crippen molar-refractivity contribution in [3.8, 4) is 5.75 Å². The molecule has 0 amide bonds. The van der Waals surface area contributed by atoms with Crippen molar-refractivity contribution in [3.05, 3.63) is 88.7 Å². The van der Waals surface area contributed by atoms with Crippen LogP contribution in [0.3, 0.4) is 0 Å². The Morgan fingerprint density at radius 3 is 2.33 bits per heavy atom. The fourth-order valence-electron chi connectivity index (χ4n) is 14.1. The van der Waals surface area contributed by atoms with Gasteiger partial charge in [0.2, 0.25) is 0 Å². The third kappa shape index (κ3) is 5.34. The van der Waals surface area contributed by atoms with E-state index in [0.717, 1.165) is 51.4 Å². The number of Topliss-reactive ketones (excluding diaryl/α,β-unsaturated/α-hetero) is 1. The summed E-state index contributed by atoms with van der Waals surface area (Å²) in [6, 6.07) is 15.6. The van der Waals surface area contributed by atoms with E-state index < -0.39 is 5.60 Å². The van der Waals surface area contributed by atoms with Crippen LogP contribution >= 0.6 is 0 Å². The molecule has 0 aliphatic heterocycles. The Morgan fingerprint density at radius 2 is 1.56 bits per heavy atom. The van der Waals surface area contributed by atoms with Crippen molar-refractivity contribution in [1.29, 1.82) is 0 Å². The molecule has 2 aromatic rings. The molecular weight excluding hydrogens is 673 g/mol. The summed E-state index contributed by atoms with van der Waals surface area (Å²) in [5.74, 6) is 4.55. The predicted molar refractivity (Wildman–Crippen MR) is 208 cm³/mol. The second kappa shape index (κ2) is 12.9. The average Bonchev–Trinajstić information content (AvgIpc) is 3.65. The zero-order chi connectivity index (χ0) is 37.6. The predicted octanol–water partition coefficient (Wildman–Crippen LogP) is 10.5. The smallest absolute Gasteiger partial charge is 0.343 e. The van der Waals surface area contributed by atoms with Gasteiger partial charge in [-0.05, 0) is 172 Å². The molecule has 4 saturated carbocycles. The third-order valence-corrected chi connectivity index (χ3v) is 16.9. The van der Waals surface area contributed by atoms with Gasteiger partial charge in [-0.15, -0.1) is 0 Å². The fourth-order valence-corrected chi connectivity index (χ4v) is 14.1. The van der Waals surface area contributed by atoms with Crippen LogP contribution in [0, 0.1) is 45.8 Å². The first kappa shape index (κ1) is 36.0. The standard InChI is InChI=1S/C48H58O6/c1-29(49)48(54-30(2)50)26-22-42-39-15-12-33-28-35(19-23-45(33,3)41(39)21-25-47(42,48)5)52-43-18-17-40-38-14-11-32-27-34(53-44(51)31-9-7-6-8-10-31)13-16-36(32)37(38)20-24-46(40,43)4/h6-10,12-13,16,27-28,37-43H,11,14-15,17-26H2,1-5H3/t37-,38-,39-,40+,41+,42+,43+,45+,46+,47+,48+/m1/s1. The Labute approximate surface area is 321 Å². The maximum Gasteiger partial charge on any atom is 0.343 e. The van der Waals surface area contributed by atoms with Gasteiger partial charge < -0.3 is 14.2 Å². The SMILES string of the molecule is CC(=O)O[C@]1(C(C)=O)CC[C@H]2[C@@H]3CC=C4C=C(O[C@H]5CC[C@H]6[C@@H]7CCc8cc(OC(=O)c9ccccc9)ccc8[C@H]7CC[C@]56C)CC[C@]4(C)[C@H]3CC[C@@]21C. The normalized spacial score (nSPS) is 40.3. The van der Waals surface area contributed by atoms with Crippen LogP contribution in [0.2, 0.25) is 0 Å². The number of ketones is 1. The maximum absolute atomic E-state index is 13.2. The van der Waals surface area contributed by atoms with Gasteiger partial charge in [0, 0.05) is 24.2 Å². The van der Waals surface area contributed by atoms with Gasteiger partial charge in [0.25, 0.3) is 0 Å². The molecule has 4 fully saturated rings. The molecule has 7 aliphatic rings. The number of carbonyl (C=O) groups is 3. The minimum Gasteiger partial charge on any atom is -0.494 e. The van der Waals surface area contributed by atoms with Crippen molar-refractivity contribution in [2.45, 2.75) is 136 Å². The van der Waals surface area contributed by atoms with Crippen molar-refractivity contribution in [3.63, 3.8) is 0 Å². The quantitative estimate of drug-likeness (QED) is 0.218. The molecule has 7 aliphatic carbocycles. The first-order valence-electron chi connectivity index (χ1n) is 21.0. The highest BCUT2D eigenvalue weighted by Gasteiger charge is 2.67. The summed E-state index contributed by atoms with van der Waals surface area (Å²) in [6.45, 7) is 10.4. The summed E-state index contributed by atoms with van der Waals surface area (Å²) in [4.78, 5) is 38.2. The molecule has 54 heavy (non-hydrogen) atoms. The van der Waals surface area contributed by atoms with Gasteiger partial charge >= 0.3 is 11.9 Å². The minimum atomic E-state index is -0.981. The molecule has 0 N–H and O–H groups in total. The van der Waals surface area contributed by atoms with Crippen molar-refractivity contribution < 1.29 is 28.6 Å². The zero-order valence-corrected chi connectivity index (χ0v) is 33.0. The van der Waals surface area contributed by atoms with Gasteiger partial charge in [0.1, 0.15) is 11.9 Å². The molecule has 0 spiro atoms. The zero-order valence-electron chi connectivity index (χ0n) is 33.0. The van der Waals surface area contributed by atoms with E-state index in [-0.39, 0.29) is 40.1 Å². The van der Waals surface area contributed by atoms with Crippen LogP contribution in [0.1, 0.15) is 139 Å². The number of hydrogen-bond donors (Lipinski definition) is 0. The number of esters is 2. The van der Waals surface area contributed by atoms with E-state index in [4.69, 9.17) is 14.2 Å². The topological polar surface area (TPSA) is 78.9 Å². The van der Waals surface area contributed by atoms with Gasteiger partial charge in [-0.2, -0.15) is 0 Å².